The van der Waals surface area contributed by atoms with Crippen molar-refractivity contribution in [2.45, 2.75) is 18.9 Å². The number of aromatic nitrogens is 1. The van der Waals surface area contributed by atoms with Gasteiger partial charge in [-0.2, -0.15) is 0 Å². The third-order valence-corrected chi connectivity index (χ3v) is 4.84. The highest BCUT2D eigenvalue weighted by atomic mass is 19.1. The van der Waals surface area contributed by atoms with Crippen LogP contribution < -0.4 is 10.1 Å². The van der Waals surface area contributed by atoms with Crippen molar-refractivity contribution in [3.63, 3.8) is 0 Å². The molecule has 0 aliphatic rings. The van der Waals surface area contributed by atoms with Crippen molar-refractivity contribution in [2.75, 3.05) is 27.7 Å². The Labute approximate surface area is 175 Å². The number of carbonyl (C=O) groups excluding carboxylic acids is 1. The lowest BCUT2D eigenvalue weighted by molar-refractivity contribution is -0.121. The molecule has 3 aromatic rings. The molecule has 1 aromatic heterocycles. The molecule has 1 unspecified atom stereocenters. The standard InChI is InChI=1S/C23H26FN3O3/c1-27(2)20(17-5-4-6-19(13-17)29-3)14-25-22(28)11-12-23-26-15-21(30-23)16-7-9-18(24)10-8-16/h4-10,13,15,20H,11-12,14H2,1-3H3,(H,25,28). The minimum absolute atomic E-state index is 0.0240. The fraction of sp³-hybridized carbons (Fsp3) is 0.304. The third-order valence-electron chi connectivity index (χ3n) is 4.84. The molecule has 0 spiro atoms. The molecule has 0 fully saturated rings. The summed E-state index contributed by atoms with van der Waals surface area (Å²) in [6.07, 6.45) is 2.24. The van der Waals surface area contributed by atoms with Crippen LogP contribution in [0.1, 0.15) is 23.9 Å². The summed E-state index contributed by atoms with van der Waals surface area (Å²) in [7, 11) is 5.58. The Bertz CT molecular complexity index is 970. The van der Waals surface area contributed by atoms with Crippen LogP contribution in [0, 0.1) is 5.82 Å². The van der Waals surface area contributed by atoms with Crippen LogP contribution in [0.4, 0.5) is 4.39 Å². The molecule has 1 N–H and O–H groups in total. The van der Waals surface area contributed by atoms with Crippen molar-refractivity contribution in [1.82, 2.24) is 15.2 Å². The van der Waals surface area contributed by atoms with Gasteiger partial charge in [-0.1, -0.05) is 12.1 Å². The van der Waals surface area contributed by atoms with Crippen LogP contribution in [-0.2, 0) is 11.2 Å². The summed E-state index contributed by atoms with van der Waals surface area (Å²) in [4.78, 5) is 18.6. The predicted molar refractivity (Wildman–Crippen MR) is 113 cm³/mol. The van der Waals surface area contributed by atoms with Crippen LogP contribution in [0.15, 0.2) is 59.1 Å². The fourth-order valence-electron chi connectivity index (χ4n) is 3.14. The number of oxazole rings is 1. The van der Waals surface area contributed by atoms with Crippen molar-refractivity contribution in [3.8, 4) is 17.1 Å². The number of halogens is 1. The van der Waals surface area contributed by atoms with Gasteiger partial charge in [0.1, 0.15) is 11.6 Å². The van der Waals surface area contributed by atoms with Crippen molar-refractivity contribution < 1.29 is 18.3 Å². The number of amides is 1. The fourth-order valence-corrected chi connectivity index (χ4v) is 3.14. The number of methoxy groups -OCH3 is 1. The smallest absolute Gasteiger partial charge is 0.220 e. The average molecular weight is 411 g/mol. The molecule has 0 saturated carbocycles. The topological polar surface area (TPSA) is 67.6 Å². The zero-order valence-corrected chi connectivity index (χ0v) is 17.4. The number of rotatable bonds is 9. The molecular formula is C23H26FN3O3. The summed E-state index contributed by atoms with van der Waals surface area (Å²) in [5.74, 6) is 1.43. The summed E-state index contributed by atoms with van der Waals surface area (Å²) >= 11 is 0. The van der Waals surface area contributed by atoms with Gasteiger partial charge in [0.25, 0.3) is 0 Å². The predicted octanol–water partition coefficient (Wildman–Crippen LogP) is 3.84. The van der Waals surface area contributed by atoms with Gasteiger partial charge in [-0.05, 0) is 56.1 Å². The quantitative estimate of drug-likeness (QED) is 0.579. The average Bonchev–Trinajstić information content (AvgIpc) is 3.22. The maximum atomic E-state index is 13.0. The Balaban J connectivity index is 1.53. The van der Waals surface area contributed by atoms with Crippen LogP contribution >= 0.6 is 0 Å². The summed E-state index contributed by atoms with van der Waals surface area (Å²) in [6, 6.07) is 13.8. The number of ether oxygens (including phenoxy) is 1. The minimum atomic E-state index is -0.305. The number of benzene rings is 2. The Morgan fingerprint density at radius 2 is 2.00 bits per heavy atom. The van der Waals surface area contributed by atoms with Gasteiger partial charge in [0, 0.05) is 24.9 Å². The van der Waals surface area contributed by atoms with Crippen LogP contribution in [0.3, 0.4) is 0 Å². The molecule has 1 heterocycles. The van der Waals surface area contributed by atoms with Crippen LogP contribution in [0.2, 0.25) is 0 Å². The Morgan fingerprint density at radius 3 is 2.70 bits per heavy atom. The molecule has 2 aromatic carbocycles. The van der Waals surface area contributed by atoms with Gasteiger partial charge >= 0.3 is 0 Å². The van der Waals surface area contributed by atoms with E-state index in [-0.39, 0.29) is 24.2 Å². The second-order valence-corrected chi connectivity index (χ2v) is 7.19. The number of hydrogen-bond donors (Lipinski definition) is 1. The van der Waals surface area contributed by atoms with E-state index in [1.54, 1.807) is 25.4 Å². The highest BCUT2D eigenvalue weighted by molar-refractivity contribution is 5.76. The first kappa shape index (κ1) is 21.5. The first-order chi connectivity index (χ1) is 14.5. The molecule has 0 bridgehead atoms. The number of aryl methyl sites for hydroxylation is 1. The molecule has 1 atom stereocenters. The number of hydrogen-bond acceptors (Lipinski definition) is 5. The van der Waals surface area contributed by atoms with Gasteiger partial charge in [0.15, 0.2) is 11.7 Å². The van der Waals surface area contributed by atoms with E-state index in [0.717, 1.165) is 16.9 Å². The monoisotopic (exact) mass is 411 g/mol. The van der Waals surface area contributed by atoms with E-state index in [1.165, 1.54) is 12.1 Å². The number of likely N-dealkylation sites (N-methyl/N-ethyl adjacent to an activating group) is 1. The summed E-state index contributed by atoms with van der Waals surface area (Å²) in [5.41, 5.74) is 1.81. The van der Waals surface area contributed by atoms with E-state index in [2.05, 4.69) is 15.2 Å². The van der Waals surface area contributed by atoms with Crippen LogP contribution in [0.5, 0.6) is 5.75 Å². The summed E-state index contributed by atoms with van der Waals surface area (Å²) in [6.45, 7) is 0.478. The molecule has 30 heavy (non-hydrogen) atoms. The maximum absolute atomic E-state index is 13.0. The highest BCUT2D eigenvalue weighted by Gasteiger charge is 2.16. The highest BCUT2D eigenvalue weighted by Crippen LogP contribution is 2.23. The lowest BCUT2D eigenvalue weighted by Crippen LogP contribution is -2.34. The normalized spacial score (nSPS) is 12.0. The van der Waals surface area contributed by atoms with Gasteiger partial charge in [-0.3, -0.25) is 4.79 Å². The Kier molecular flexibility index (Phi) is 7.19. The Morgan fingerprint density at radius 1 is 1.23 bits per heavy atom. The lowest BCUT2D eigenvalue weighted by atomic mass is 10.1. The number of carbonyl (C=O) groups is 1. The largest absolute Gasteiger partial charge is 0.497 e. The van der Waals surface area contributed by atoms with Crippen molar-refractivity contribution in [1.29, 1.82) is 0 Å². The second-order valence-electron chi connectivity index (χ2n) is 7.19. The molecule has 0 saturated heterocycles. The Hall–Kier alpha value is -3.19. The van der Waals surface area contributed by atoms with Crippen molar-refractivity contribution in [2.24, 2.45) is 0 Å². The molecule has 0 aliphatic carbocycles. The first-order valence-electron chi connectivity index (χ1n) is 9.74. The van der Waals surface area contributed by atoms with Gasteiger partial charge in [-0.25, -0.2) is 9.37 Å². The first-order valence-corrected chi connectivity index (χ1v) is 9.74. The molecule has 0 aliphatic heterocycles. The van der Waals surface area contributed by atoms with E-state index in [0.29, 0.717) is 24.6 Å². The van der Waals surface area contributed by atoms with Crippen LogP contribution in [0.25, 0.3) is 11.3 Å². The third kappa shape index (κ3) is 5.67. The van der Waals surface area contributed by atoms with Crippen LogP contribution in [-0.4, -0.2) is 43.5 Å². The minimum Gasteiger partial charge on any atom is -0.497 e. The summed E-state index contributed by atoms with van der Waals surface area (Å²) < 4.78 is 24.0. The lowest BCUT2D eigenvalue weighted by Gasteiger charge is -2.25. The molecule has 6 nitrogen and oxygen atoms in total. The number of nitrogens with one attached hydrogen (secondary N) is 1. The molecule has 158 valence electrons. The molecule has 0 radical (unpaired) electrons. The molecular weight excluding hydrogens is 385 g/mol. The molecule has 7 heteroatoms. The second kappa shape index (κ2) is 10.0. The molecule has 1 amide bonds. The van der Waals surface area contributed by atoms with Gasteiger partial charge in [0.05, 0.1) is 19.3 Å². The molecule has 3 rings (SSSR count). The number of nitrogens with zero attached hydrogens (tertiary/aromatic N) is 2. The summed E-state index contributed by atoms with van der Waals surface area (Å²) in [5, 5.41) is 2.98. The maximum Gasteiger partial charge on any atom is 0.220 e. The van der Waals surface area contributed by atoms with E-state index in [1.807, 2.05) is 38.4 Å². The van der Waals surface area contributed by atoms with Gasteiger partial charge in [-0.15, -0.1) is 0 Å². The zero-order valence-electron chi connectivity index (χ0n) is 17.4. The van der Waals surface area contributed by atoms with E-state index in [9.17, 15) is 9.18 Å². The van der Waals surface area contributed by atoms with E-state index >= 15 is 0 Å². The van der Waals surface area contributed by atoms with E-state index in [4.69, 9.17) is 9.15 Å². The van der Waals surface area contributed by atoms with E-state index < -0.39 is 0 Å². The SMILES string of the molecule is COc1cccc(C(CNC(=O)CCc2ncc(-c3ccc(F)cc3)o2)N(C)C)c1. The zero-order chi connectivity index (χ0) is 21.5. The van der Waals surface area contributed by atoms with Crippen molar-refractivity contribution in [3.05, 3.63) is 72.0 Å². The van der Waals surface area contributed by atoms with Gasteiger partial charge < -0.3 is 19.4 Å². The van der Waals surface area contributed by atoms with Crippen molar-refractivity contribution >= 4 is 5.91 Å². The van der Waals surface area contributed by atoms with Gasteiger partial charge in [0.2, 0.25) is 5.91 Å².